The summed E-state index contributed by atoms with van der Waals surface area (Å²) in [5, 5.41) is 9.24. The van der Waals surface area contributed by atoms with Gasteiger partial charge in [0.15, 0.2) is 0 Å². The highest BCUT2D eigenvalue weighted by Gasteiger charge is 2.22. The highest BCUT2D eigenvalue weighted by Crippen LogP contribution is 2.10. The van der Waals surface area contributed by atoms with Crippen LogP contribution in [0, 0.1) is 0 Å². The third kappa shape index (κ3) is 3.51. The summed E-state index contributed by atoms with van der Waals surface area (Å²) in [6.07, 6.45) is 0.757. The minimum absolute atomic E-state index is 0.257. The molecule has 0 aromatic carbocycles. The van der Waals surface area contributed by atoms with Crippen LogP contribution in [0.2, 0.25) is 0 Å². The van der Waals surface area contributed by atoms with Crippen LogP contribution in [0.1, 0.15) is 12.8 Å². The monoisotopic (exact) mass is 202 g/mol. The Morgan fingerprint density at radius 1 is 1.50 bits per heavy atom. The molecule has 1 amide bonds. The second-order valence-electron chi connectivity index (χ2n) is 3.84. The van der Waals surface area contributed by atoms with Crippen molar-refractivity contribution in [3.63, 3.8) is 0 Å². The number of carbonyl (C=O) groups is 1. The molecule has 1 N–H and O–H groups in total. The van der Waals surface area contributed by atoms with Crippen molar-refractivity contribution in [1.82, 2.24) is 9.80 Å². The minimum atomic E-state index is -0.286. The zero-order chi connectivity index (χ0) is 10.6. The molecule has 1 saturated heterocycles. The first-order valence-electron chi connectivity index (χ1n) is 4.84. The number of ether oxygens (including phenoxy) is 1. The molecule has 5 heteroatoms. The molecule has 0 radical (unpaired) electrons. The topological polar surface area (TPSA) is 53.0 Å². The molecule has 0 saturated carbocycles. The van der Waals surface area contributed by atoms with E-state index in [0.717, 1.165) is 0 Å². The number of amides is 1. The van der Waals surface area contributed by atoms with Gasteiger partial charge < -0.3 is 14.7 Å². The van der Waals surface area contributed by atoms with Gasteiger partial charge in [0.25, 0.3) is 0 Å². The summed E-state index contributed by atoms with van der Waals surface area (Å²) in [6.45, 7) is 1.48. The highest BCUT2D eigenvalue weighted by molar-refractivity contribution is 5.67. The van der Waals surface area contributed by atoms with Crippen molar-refractivity contribution in [3.8, 4) is 0 Å². The van der Waals surface area contributed by atoms with Crippen molar-refractivity contribution in [3.05, 3.63) is 0 Å². The van der Waals surface area contributed by atoms with E-state index in [-0.39, 0.29) is 12.2 Å². The van der Waals surface area contributed by atoms with Gasteiger partial charge in [-0.25, -0.2) is 4.79 Å². The Labute approximate surface area is 84.2 Å². The molecular weight excluding hydrogens is 184 g/mol. The Morgan fingerprint density at radius 3 is 2.57 bits per heavy atom. The van der Waals surface area contributed by atoms with Crippen LogP contribution < -0.4 is 0 Å². The molecule has 5 nitrogen and oxygen atoms in total. The van der Waals surface area contributed by atoms with Gasteiger partial charge in [0.05, 0.1) is 6.10 Å². The molecule has 82 valence electrons. The zero-order valence-corrected chi connectivity index (χ0v) is 8.77. The van der Waals surface area contributed by atoms with E-state index < -0.39 is 0 Å². The van der Waals surface area contributed by atoms with Crippen molar-refractivity contribution in [2.24, 2.45) is 0 Å². The molecule has 0 unspecified atom stereocenters. The number of likely N-dealkylation sites (tertiary alicyclic amines) is 1. The lowest BCUT2D eigenvalue weighted by molar-refractivity contribution is 0.0387. The summed E-state index contributed by atoms with van der Waals surface area (Å²) in [6, 6.07) is 0. The minimum Gasteiger partial charge on any atom is -0.433 e. The van der Waals surface area contributed by atoms with E-state index in [4.69, 9.17) is 4.74 Å². The van der Waals surface area contributed by atoms with Crippen LogP contribution in [0.4, 0.5) is 4.79 Å². The van der Waals surface area contributed by atoms with Crippen molar-refractivity contribution >= 4 is 6.09 Å². The Kier molecular flexibility index (Phi) is 4.16. The molecule has 14 heavy (non-hydrogen) atoms. The number of hydrogen-bond donors (Lipinski definition) is 1. The molecule has 0 bridgehead atoms. The van der Waals surface area contributed by atoms with Gasteiger partial charge >= 0.3 is 6.09 Å². The van der Waals surface area contributed by atoms with Gasteiger partial charge in [0, 0.05) is 13.1 Å². The van der Waals surface area contributed by atoms with Crippen LogP contribution in [0.3, 0.4) is 0 Å². The molecule has 0 aromatic heterocycles. The van der Waals surface area contributed by atoms with Crippen molar-refractivity contribution in [2.45, 2.75) is 18.9 Å². The third-order valence-electron chi connectivity index (χ3n) is 2.17. The van der Waals surface area contributed by atoms with Crippen molar-refractivity contribution in [1.29, 1.82) is 0 Å². The molecular formula is C9H18N2O3. The summed E-state index contributed by atoms with van der Waals surface area (Å²) in [5.74, 6) is 0. The summed E-state index contributed by atoms with van der Waals surface area (Å²) >= 11 is 0. The Morgan fingerprint density at radius 2 is 2.07 bits per heavy atom. The molecule has 0 aliphatic carbocycles. The largest absolute Gasteiger partial charge is 0.433 e. The highest BCUT2D eigenvalue weighted by atomic mass is 16.6. The number of aliphatic hydroxyl groups excluding tert-OH is 1. The Hall–Kier alpha value is -0.810. The van der Waals surface area contributed by atoms with Gasteiger partial charge in [-0.2, -0.15) is 0 Å². The fourth-order valence-electron chi connectivity index (χ4n) is 1.32. The fourth-order valence-corrected chi connectivity index (χ4v) is 1.32. The zero-order valence-electron chi connectivity index (χ0n) is 8.77. The molecule has 1 aliphatic rings. The molecule has 0 spiro atoms. The van der Waals surface area contributed by atoms with E-state index in [1.807, 2.05) is 14.1 Å². The first-order valence-corrected chi connectivity index (χ1v) is 4.84. The van der Waals surface area contributed by atoms with Crippen molar-refractivity contribution in [2.75, 3.05) is 33.9 Å². The van der Waals surface area contributed by atoms with Gasteiger partial charge in [0.1, 0.15) is 6.73 Å². The molecule has 1 rings (SSSR count). The van der Waals surface area contributed by atoms with E-state index in [9.17, 15) is 9.90 Å². The van der Waals surface area contributed by atoms with Gasteiger partial charge in [0.2, 0.25) is 0 Å². The maximum Gasteiger partial charge on any atom is 0.411 e. The van der Waals surface area contributed by atoms with E-state index in [1.54, 1.807) is 9.80 Å². The predicted octanol–water partition coefficient (Wildman–Crippen LogP) is 0.0988. The average Bonchev–Trinajstić information content (AvgIpc) is 2.15. The molecule has 1 fully saturated rings. The lowest BCUT2D eigenvalue weighted by atomic mass is 10.1. The quantitative estimate of drug-likeness (QED) is 0.645. The standard InChI is InChI=1S/C9H18N2O3/c1-10(2)7-14-9(13)11-5-3-8(12)4-6-11/h8,12H,3-7H2,1-2H3. The average molecular weight is 202 g/mol. The van der Waals surface area contributed by atoms with Crippen LogP contribution in [0.5, 0.6) is 0 Å². The molecule has 1 aliphatic heterocycles. The smallest absolute Gasteiger partial charge is 0.411 e. The maximum absolute atomic E-state index is 11.4. The number of nitrogens with zero attached hydrogens (tertiary/aromatic N) is 2. The number of carbonyl (C=O) groups excluding carboxylic acids is 1. The van der Waals surface area contributed by atoms with E-state index in [1.165, 1.54) is 0 Å². The molecule has 0 atom stereocenters. The second kappa shape index (κ2) is 5.17. The molecule has 0 aromatic rings. The fraction of sp³-hybridized carbons (Fsp3) is 0.889. The second-order valence-corrected chi connectivity index (χ2v) is 3.84. The number of hydrogen-bond acceptors (Lipinski definition) is 4. The molecule has 1 heterocycles. The summed E-state index contributed by atoms with van der Waals surface area (Å²) in [7, 11) is 3.68. The van der Waals surface area contributed by atoms with Gasteiger partial charge in [-0.1, -0.05) is 0 Å². The number of rotatable bonds is 2. The third-order valence-corrected chi connectivity index (χ3v) is 2.17. The van der Waals surface area contributed by atoms with Gasteiger partial charge in [-0.3, -0.25) is 4.90 Å². The first kappa shape index (κ1) is 11.3. The lowest BCUT2D eigenvalue weighted by Gasteiger charge is -2.29. The maximum atomic E-state index is 11.4. The summed E-state index contributed by atoms with van der Waals surface area (Å²) in [4.78, 5) is 14.8. The van der Waals surface area contributed by atoms with Crippen LogP contribution in [0.25, 0.3) is 0 Å². The Bertz CT molecular complexity index is 188. The van der Waals surface area contributed by atoms with E-state index >= 15 is 0 Å². The lowest BCUT2D eigenvalue weighted by Crippen LogP contribution is -2.41. The van der Waals surface area contributed by atoms with Crippen LogP contribution in [-0.4, -0.2) is 61.0 Å². The number of piperidine rings is 1. The normalized spacial score (nSPS) is 18.7. The van der Waals surface area contributed by atoms with E-state index in [0.29, 0.717) is 32.7 Å². The van der Waals surface area contributed by atoms with Gasteiger partial charge in [-0.15, -0.1) is 0 Å². The van der Waals surface area contributed by atoms with E-state index in [2.05, 4.69) is 0 Å². The SMILES string of the molecule is CN(C)COC(=O)N1CCC(O)CC1. The Balaban J connectivity index is 2.24. The summed E-state index contributed by atoms with van der Waals surface area (Å²) < 4.78 is 5.01. The predicted molar refractivity (Wildman–Crippen MR) is 51.8 cm³/mol. The first-order chi connectivity index (χ1) is 6.59. The van der Waals surface area contributed by atoms with Crippen LogP contribution in [-0.2, 0) is 4.74 Å². The number of aliphatic hydroxyl groups is 1. The summed E-state index contributed by atoms with van der Waals surface area (Å²) in [5.41, 5.74) is 0. The van der Waals surface area contributed by atoms with Crippen LogP contribution >= 0.6 is 0 Å². The van der Waals surface area contributed by atoms with Crippen LogP contribution in [0.15, 0.2) is 0 Å². The van der Waals surface area contributed by atoms with Gasteiger partial charge in [-0.05, 0) is 26.9 Å². The van der Waals surface area contributed by atoms with Crippen molar-refractivity contribution < 1.29 is 14.6 Å².